The monoisotopic (exact) mass is 345 g/mol. The molecule has 0 unspecified atom stereocenters. The maximum absolute atomic E-state index is 13.9. The third kappa shape index (κ3) is 4.59. The number of carbonyl (C=O) groups is 2. The van der Waals surface area contributed by atoms with Gasteiger partial charge >= 0.3 is 6.09 Å². The number of carbonyl (C=O) groups excluding carboxylic acids is 2. The van der Waals surface area contributed by atoms with Gasteiger partial charge in [-0.3, -0.25) is 9.78 Å². The zero-order valence-electron chi connectivity index (χ0n) is 14.6. The van der Waals surface area contributed by atoms with Crippen LogP contribution in [0.2, 0.25) is 0 Å². The molecule has 1 amide bonds. The SMILES string of the molecule is CCc1ccc(N(C(=O)OC(C)(C)C)c2ccc(C=O)c(F)n2)cn1. The summed E-state index contributed by atoms with van der Waals surface area (Å²) in [6, 6.07) is 6.09. The molecule has 0 saturated heterocycles. The highest BCUT2D eigenvalue weighted by Gasteiger charge is 2.26. The summed E-state index contributed by atoms with van der Waals surface area (Å²) in [5.41, 5.74) is 0.306. The molecule has 6 nitrogen and oxygen atoms in total. The van der Waals surface area contributed by atoms with Crippen molar-refractivity contribution in [3.8, 4) is 0 Å². The van der Waals surface area contributed by atoms with E-state index in [2.05, 4.69) is 9.97 Å². The first-order valence-corrected chi connectivity index (χ1v) is 7.85. The number of hydrogen-bond acceptors (Lipinski definition) is 5. The second-order valence-corrected chi connectivity index (χ2v) is 6.34. The minimum atomic E-state index is -0.959. The highest BCUT2D eigenvalue weighted by Crippen LogP contribution is 2.26. The Labute approximate surface area is 145 Å². The summed E-state index contributed by atoms with van der Waals surface area (Å²) in [6.45, 7) is 7.14. The Morgan fingerprint density at radius 1 is 1.28 bits per heavy atom. The van der Waals surface area contributed by atoms with E-state index in [1.165, 1.54) is 18.3 Å². The van der Waals surface area contributed by atoms with Crippen molar-refractivity contribution in [2.45, 2.75) is 39.7 Å². The number of aldehydes is 1. The van der Waals surface area contributed by atoms with Crippen LogP contribution in [0.5, 0.6) is 0 Å². The Kier molecular flexibility index (Phi) is 5.46. The summed E-state index contributed by atoms with van der Waals surface area (Å²) in [5.74, 6) is -0.956. The largest absolute Gasteiger partial charge is 0.443 e. The van der Waals surface area contributed by atoms with Gasteiger partial charge in [0.2, 0.25) is 5.95 Å². The van der Waals surface area contributed by atoms with E-state index >= 15 is 0 Å². The van der Waals surface area contributed by atoms with Crippen LogP contribution in [0.3, 0.4) is 0 Å². The number of aromatic nitrogens is 2. The fourth-order valence-corrected chi connectivity index (χ4v) is 2.04. The van der Waals surface area contributed by atoms with E-state index in [0.717, 1.165) is 17.0 Å². The molecule has 2 rings (SSSR count). The summed E-state index contributed by atoms with van der Waals surface area (Å²) in [6.07, 6.45) is 1.88. The second-order valence-electron chi connectivity index (χ2n) is 6.34. The molecular formula is C18H20FN3O3. The average Bonchev–Trinajstić information content (AvgIpc) is 2.54. The number of nitrogens with zero attached hydrogens (tertiary/aromatic N) is 3. The van der Waals surface area contributed by atoms with Gasteiger partial charge in [-0.05, 0) is 51.5 Å². The molecule has 0 radical (unpaired) electrons. The molecule has 25 heavy (non-hydrogen) atoms. The standard InChI is InChI=1S/C18H20FN3O3/c1-5-13-7-8-14(10-20-13)22(17(24)25-18(2,3)4)15-9-6-12(11-23)16(19)21-15/h6-11H,5H2,1-4H3. The molecule has 0 aliphatic rings. The van der Waals surface area contributed by atoms with Gasteiger partial charge in [-0.25, -0.2) is 14.7 Å². The summed E-state index contributed by atoms with van der Waals surface area (Å²) in [5, 5.41) is 0. The van der Waals surface area contributed by atoms with Gasteiger partial charge in [0.1, 0.15) is 11.4 Å². The molecule has 0 atom stereocenters. The quantitative estimate of drug-likeness (QED) is 0.617. The Balaban J connectivity index is 2.49. The molecule has 0 saturated carbocycles. The van der Waals surface area contributed by atoms with E-state index < -0.39 is 17.6 Å². The van der Waals surface area contributed by atoms with Gasteiger partial charge in [0.05, 0.1) is 17.4 Å². The van der Waals surface area contributed by atoms with Crippen molar-refractivity contribution in [2.24, 2.45) is 0 Å². The van der Waals surface area contributed by atoms with E-state index in [0.29, 0.717) is 12.0 Å². The number of amides is 1. The maximum atomic E-state index is 13.9. The first kappa shape index (κ1) is 18.5. The van der Waals surface area contributed by atoms with Gasteiger partial charge in [0.25, 0.3) is 0 Å². The lowest BCUT2D eigenvalue weighted by Crippen LogP contribution is -2.34. The van der Waals surface area contributed by atoms with Crippen LogP contribution in [0.15, 0.2) is 30.5 Å². The molecule has 0 N–H and O–H groups in total. The fraction of sp³-hybridized carbons (Fsp3) is 0.333. The molecule has 2 aromatic rings. The molecule has 132 valence electrons. The summed E-state index contributed by atoms with van der Waals surface area (Å²) in [4.78, 5) is 32.5. The van der Waals surface area contributed by atoms with E-state index in [1.54, 1.807) is 32.9 Å². The molecular weight excluding hydrogens is 325 g/mol. The number of rotatable bonds is 4. The van der Waals surface area contributed by atoms with Crippen LogP contribution in [-0.4, -0.2) is 27.9 Å². The first-order valence-electron chi connectivity index (χ1n) is 7.85. The predicted molar refractivity (Wildman–Crippen MR) is 91.6 cm³/mol. The van der Waals surface area contributed by atoms with Gasteiger partial charge in [0, 0.05) is 5.69 Å². The zero-order chi connectivity index (χ0) is 18.6. The van der Waals surface area contributed by atoms with Crippen molar-refractivity contribution in [1.82, 2.24) is 9.97 Å². The van der Waals surface area contributed by atoms with Gasteiger partial charge in [-0.1, -0.05) is 6.92 Å². The Hall–Kier alpha value is -2.83. The van der Waals surface area contributed by atoms with Crippen molar-refractivity contribution in [1.29, 1.82) is 0 Å². The van der Waals surface area contributed by atoms with Crippen LogP contribution >= 0.6 is 0 Å². The average molecular weight is 345 g/mol. The van der Waals surface area contributed by atoms with Crippen LogP contribution in [0.1, 0.15) is 43.7 Å². The Morgan fingerprint density at radius 3 is 2.48 bits per heavy atom. The fourth-order valence-electron chi connectivity index (χ4n) is 2.04. The van der Waals surface area contributed by atoms with Gasteiger partial charge in [-0.2, -0.15) is 4.39 Å². The molecule has 7 heteroatoms. The van der Waals surface area contributed by atoms with Crippen LogP contribution in [0, 0.1) is 5.95 Å². The Bertz CT molecular complexity index is 770. The number of halogens is 1. The maximum Gasteiger partial charge on any atom is 0.420 e. The van der Waals surface area contributed by atoms with Gasteiger partial charge < -0.3 is 4.74 Å². The number of hydrogen-bond donors (Lipinski definition) is 0. The number of anilines is 2. The third-order valence-electron chi connectivity index (χ3n) is 3.22. The van der Waals surface area contributed by atoms with Crippen LogP contribution < -0.4 is 4.90 Å². The van der Waals surface area contributed by atoms with Crippen molar-refractivity contribution in [3.05, 3.63) is 47.7 Å². The lowest BCUT2D eigenvalue weighted by Gasteiger charge is -2.26. The highest BCUT2D eigenvalue weighted by atomic mass is 19.1. The normalized spacial score (nSPS) is 11.1. The van der Waals surface area contributed by atoms with Crippen LogP contribution in [0.4, 0.5) is 20.7 Å². The molecule has 0 aliphatic carbocycles. The smallest absolute Gasteiger partial charge is 0.420 e. The molecule has 2 heterocycles. The molecule has 0 spiro atoms. The summed E-state index contributed by atoms with van der Waals surface area (Å²) >= 11 is 0. The lowest BCUT2D eigenvalue weighted by molar-refractivity contribution is 0.0598. The van der Waals surface area contributed by atoms with Crippen molar-refractivity contribution < 1.29 is 18.7 Å². The van der Waals surface area contributed by atoms with E-state index in [1.807, 2.05) is 6.92 Å². The van der Waals surface area contributed by atoms with E-state index in [9.17, 15) is 14.0 Å². The minimum absolute atomic E-state index is 0.00315. The summed E-state index contributed by atoms with van der Waals surface area (Å²) < 4.78 is 19.3. The van der Waals surface area contributed by atoms with Crippen LogP contribution in [0.25, 0.3) is 0 Å². The third-order valence-corrected chi connectivity index (χ3v) is 3.22. The topological polar surface area (TPSA) is 72.4 Å². The molecule has 0 aliphatic heterocycles. The van der Waals surface area contributed by atoms with Crippen molar-refractivity contribution in [3.63, 3.8) is 0 Å². The minimum Gasteiger partial charge on any atom is -0.443 e. The van der Waals surface area contributed by atoms with E-state index in [4.69, 9.17) is 4.74 Å². The number of pyridine rings is 2. The van der Waals surface area contributed by atoms with E-state index in [-0.39, 0.29) is 11.4 Å². The van der Waals surface area contributed by atoms with Crippen LogP contribution in [-0.2, 0) is 11.2 Å². The highest BCUT2D eigenvalue weighted by molar-refractivity contribution is 5.95. The molecule has 2 aromatic heterocycles. The molecule has 0 bridgehead atoms. The van der Waals surface area contributed by atoms with Crippen molar-refractivity contribution >= 4 is 23.9 Å². The predicted octanol–water partition coefficient (Wildman–Crippen LogP) is 4.06. The van der Waals surface area contributed by atoms with Gasteiger partial charge in [0.15, 0.2) is 6.29 Å². The van der Waals surface area contributed by atoms with Crippen molar-refractivity contribution in [2.75, 3.05) is 4.90 Å². The van der Waals surface area contributed by atoms with Gasteiger partial charge in [-0.15, -0.1) is 0 Å². The second kappa shape index (κ2) is 7.38. The molecule has 0 fully saturated rings. The first-order chi connectivity index (χ1) is 11.7. The summed E-state index contributed by atoms with van der Waals surface area (Å²) in [7, 11) is 0. The number of aryl methyl sites for hydroxylation is 1. The Morgan fingerprint density at radius 2 is 2.00 bits per heavy atom. The zero-order valence-corrected chi connectivity index (χ0v) is 14.6. The lowest BCUT2D eigenvalue weighted by atomic mass is 10.2. The number of ether oxygens (including phenoxy) is 1. The molecule has 0 aromatic carbocycles.